The van der Waals surface area contributed by atoms with E-state index in [9.17, 15) is 9.18 Å². The number of hydrogen-bond donors (Lipinski definition) is 2. The van der Waals surface area contributed by atoms with Gasteiger partial charge in [-0.1, -0.05) is 6.07 Å². The summed E-state index contributed by atoms with van der Waals surface area (Å²) in [6.45, 7) is 1.95. The third-order valence-electron chi connectivity index (χ3n) is 2.49. The molecule has 1 aromatic carbocycles. The first-order chi connectivity index (χ1) is 9.60. The van der Waals surface area contributed by atoms with E-state index in [0.29, 0.717) is 11.4 Å². The molecule has 2 aromatic rings. The number of pyridine rings is 1. The number of esters is 1. The van der Waals surface area contributed by atoms with Gasteiger partial charge >= 0.3 is 5.97 Å². The number of ether oxygens (including phenoxy) is 1. The van der Waals surface area contributed by atoms with E-state index in [4.69, 9.17) is 10.5 Å². The lowest BCUT2D eigenvalue weighted by atomic mass is 10.2. The van der Waals surface area contributed by atoms with Crippen LogP contribution >= 0.6 is 0 Å². The van der Waals surface area contributed by atoms with Crippen molar-refractivity contribution in [1.82, 2.24) is 4.98 Å². The SMILES string of the molecule is CCOC(=O)c1cc(N)cnc1Nc1cccc(F)c1. The standard InChI is InChI=1S/C14H14FN3O2/c1-2-20-14(19)12-7-10(16)8-17-13(12)18-11-5-3-4-9(15)6-11/h3-8H,2,16H2,1H3,(H,17,18). The van der Waals surface area contributed by atoms with Crippen molar-refractivity contribution in [2.45, 2.75) is 6.92 Å². The zero-order valence-electron chi connectivity index (χ0n) is 10.9. The van der Waals surface area contributed by atoms with Gasteiger partial charge in [0, 0.05) is 5.69 Å². The summed E-state index contributed by atoms with van der Waals surface area (Å²) >= 11 is 0. The highest BCUT2D eigenvalue weighted by Gasteiger charge is 2.14. The number of benzene rings is 1. The maximum absolute atomic E-state index is 13.1. The van der Waals surface area contributed by atoms with Crippen molar-refractivity contribution in [2.24, 2.45) is 0 Å². The fourth-order valence-corrected chi connectivity index (χ4v) is 1.65. The van der Waals surface area contributed by atoms with Crippen LogP contribution in [0.1, 0.15) is 17.3 Å². The molecule has 0 aliphatic carbocycles. The molecule has 0 bridgehead atoms. The zero-order valence-corrected chi connectivity index (χ0v) is 10.9. The van der Waals surface area contributed by atoms with Gasteiger partial charge in [-0.05, 0) is 31.2 Å². The molecule has 1 heterocycles. The van der Waals surface area contributed by atoms with E-state index in [1.165, 1.54) is 24.4 Å². The van der Waals surface area contributed by atoms with E-state index < -0.39 is 5.97 Å². The number of hydrogen-bond acceptors (Lipinski definition) is 5. The average Bonchev–Trinajstić information content (AvgIpc) is 2.41. The highest BCUT2D eigenvalue weighted by atomic mass is 19.1. The van der Waals surface area contributed by atoms with Crippen LogP contribution in [-0.2, 0) is 4.74 Å². The molecule has 2 rings (SSSR count). The van der Waals surface area contributed by atoms with Crippen molar-refractivity contribution in [1.29, 1.82) is 0 Å². The lowest BCUT2D eigenvalue weighted by Gasteiger charge is -2.11. The number of nitrogen functional groups attached to an aromatic ring is 1. The third-order valence-corrected chi connectivity index (χ3v) is 2.49. The minimum Gasteiger partial charge on any atom is -0.462 e. The minimum absolute atomic E-state index is 0.205. The zero-order chi connectivity index (χ0) is 14.5. The number of aromatic nitrogens is 1. The summed E-state index contributed by atoms with van der Waals surface area (Å²) in [5.74, 6) is -0.655. The van der Waals surface area contributed by atoms with Gasteiger partial charge in [0.15, 0.2) is 0 Å². The fraction of sp³-hybridized carbons (Fsp3) is 0.143. The Labute approximate surface area is 115 Å². The molecule has 1 aromatic heterocycles. The normalized spacial score (nSPS) is 10.1. The molecule has 104 valence electrons. The predicted molar refractivity (Wildman–Crippen MR) is 74.3 cm³/mol. The van der Waals surface area contributed by atoms with Gasteiger partial charge in [-0.2, -0.15) is 0 Å². The molecule has 0 saturated carbocycles. The number of carbonyl (C=O) groups excluding carboxylic acids is 1. The molecule has 0 aliphatic heterocycles. The van der Waals surface area contributed by atoms with Crippen molar-refractivity contribution in [3.63, 3.8) is 0 Å². The van der Waals surface area contributed by atoms with Gasteiger partial charge in [-0.25, -0.2) is 14.2 Å². The highest BCUT2D eigenvalue weighted by Crippen LogP contribution is 2.21. The van der Waals surface area contributed by atoms with Crippen molar-refractivity contribution in [3.05, 3.63) is 47.9 Å². The van der Waals surface area contributed by atoms with Gasteiger partial charge < -0.3 is 15.8 Å². The van der Waals surface area contributed by atoms with Crippen LogP contribution in [0.2, 0.25) is 0 Å². The molecule has 0 unspecified atom stereocenters. The Bertz CT molecular complexity index is 632. The second-order valence-corrected chi connectivity index (χ2v) is 4.02. The Morgan fingerprint density at radius 3 is 2.95 bits per heavy atom. The summed E-state index contributed by atoms with van der Waals surface area (Å²) in [7, 11) is 0. The molecule has 0 radical (unpaired) electrons. The molecule has 6 heteroatoms. The van der Waals surface area contributed by atoms with Gasteiger partial charge in [0.25, 0.3) is 0 Å². The van der Waals surface area contributed by atoms with Crippen LogP contribution in [-0.4, -0.2) is 17.6 Å². The molecular weight excluding hydrogens is 261 g/mol. The summed E-state index contributed by atoms with van der Waals surface area (Å²) in [5.41, 5.74) is 6.65. The van der Waals surface area contributed by atoms with Crippen molar-refractivity contribution >= 4 is 23.2 Å². The molecule has 0 spiro atoms. The van der Waals surface area contributed by atoms with Crippen LogP contribution in [0.3, 0.4) is 0 Å². The molecule has 0 saturated heterocycles. The molecule has 0 amide bonds. The van der Waals surface area contributed by atoms with Crippen LogP contribution in [0.15, 0.2) is 36.5 Å². The summed E-state index contributed by atoms with van der Waals surface area (Å²) < 4.78 is 18.1. The fourth-order valence-electron chi connectivity index (χ4n) is 1.65. The van der Waals surface area contributed by atoms with Crippen LogP contribution in [0, 0.1) is 5.82 Å². The summed E-state index contributed by atoms with van der Waals surface area (Å²) in [4.78, 5) is 15.9. The van der Waals surface area contributed by atoms with Crippen molar-refractivity contribution in [3.8, 4) is 0 Å². The molecule has 0 atom stereocenters. The van der Waals surface area contributed by atoms with Gasteiger partial charge in [0.2, 0.25) is 0 Å². The lowest BCUT2D eigenvalue weighted by molar-refractivity contribution is 0.0527. The number of nitrogens with two attached hydrogens (primary N) is 1. The Kier molecular flexibility index (Phi) is 4.14. The first kappa shape index (κ1) is 13.8. The molecular formula is C14H14FN3O2. The second kappa shape index (κ2) is 6.01. The number of nitrogens with zero attached hydrogens (tertiary/aromatic N) is 1. The van der Waals surface area contributed by atoms with Crippen LogP contribution in [0.5, 0.6) is 0 Å². The van der Waals surface area contributed by atoms with Crippen LogP contribution < -0.4 is 11.1 Å². The third kappa shape index (κ3) is 3.23. The Hall–Kier alpha value is -2.63. The van der Waals surface area contributed by atoms with E-state index >= 15 is 0 Å². The van der Waals surface area contributed by atoms with E-state index in [2.05, 4.69) is 10.3 Å². The first-order valence-electron chi connectivity index (χ1n) is 6.05. The van der Waals surface area contributed by atoms with Gasteiger partial charge in [-0.15, -0.1) is 0 Å². The first-order valence-corrected chi connectivity index (χ1v) is 6.05. The monoisotopic (exact) mass is 275 g/mol. The van der Waals surface area contributed by atoms with Crippen molar-refractivity contribution < 1.29 is 13.9 Å². The lowest BCUT2D eigenvalue weighted by Crippen LogP contribution is -2.10. The van der Waals surface area contributed by atoms with E-state index in [0.717, 1.165) is 0 Å². The van der Waals surface area contributed by atoms with Crippen LogP contribution in [0.4, 0.5) is 21.6 Å². The molecule has 3 N–H and O–H groups in total. The number of carbonyl (C=O) groups is 1. The van der Waals surface area contributed by atoms with E-state index in [1.54, 1.807) is 19.1 Å². The Morgan fingerprint density at radius 2 is 2.25 bits per heavy atom. The summed E-state index contributed by atoms with van der Waals surface area (Å²) in [6, 6.07) is 7.31. The maximum atomic E-state index is 13.1. The van der Waals surface area contributed by atoms with Crippen molar-refractivity contribution in [2.75, 3.05) is 17.7 Å². The maximum Gasteiger partial charge on any atom is 0.341 e. The second-order valence-electron chi connectivity index (χ2n) is 4.02. The van der Waals surface area contributed by atoms with E-state index in [1.807, 2.05) is 0 Å². The molecule has 0 fully saturated rings. The quantitative estimate of drug-likeness (QED) is 0.839. The number of nitrogens with one attached hydrogen (secondary N) is 1. The predicted octanol–water partition coefficient (Wildman–Crippen LogP) is 2.72. The largest absolute Gasteiger partial charge is 0.462 e. The summed E-state index contributed by atoms with van der Waals surface area (Å²) in [6.07, 6.45) is 1.41. The Balaban J connectivity index is 2.33. The van der Waals surface area contributed by atoms with Gasteiger partial charge in [0.05, 0.1) is 18.5 Å². The molecule has 20 heavy (non-hydrogen) atoms. The number of anilines is 3. The summed E-state index contributed by atoms with van der Waals surface area (Å²) in [5, 5.41) is 2.87. The molecule has 0 aliphatic rings. The van der Waals surface area contributed by atoms with Crippen LogP contribution in [0.25, 0.3) is 0 Å². The average molecular weight is 275 g/mol. The highest BCUT2D eigenvalue weighted by molar-refractivity contribution is 5.96. The van der Waals surface area contributed by atoms with Gasteiger partial charge in [-0.3, -0.25) is 0 Å². The number of halogens is 1. The Morgan fingerprint density at radius 1 is 1.45 bits per heavy atom. The smallest absolute Gasteiger partial charge is 0.341 e. The topological polar surface area (TPSA) is 77.2 Å². The molecule has 5 nitrogen and oxygen atoms in total. The van der Waals surface area contributed by atoms with Gasteiger partial charge in [0.1, 0.15) is 17.2 Å². The number of rotatable bonds is 4. The van der Waals surface area contributed by atoms with E-state index in [-0.39, 0.29) is 23.8 Å². The minimum atomic E-state index is -0.536.